The molecule has 0 aliphatic carbocycles. The summed E-state index contributed by atoms with van der Waals surface area (Å²) < 4.78 is 0. The van der Waals surface area contributed by atoms with Crippen molar-refractivity contribution in [3.63, 3.8) is 0 Å². The summed E-state index contributed by atoms with van der Waals surface area (Å²) in [4.78, 5) is 2.58. The zero-order valence-electron chi connectivity index (χ0n) is 12.5. The fourth-order valence-electron chi connectivity index (χ4n) is 2.32. The van der Waals surface area contributed by atoms with E-state index in [0.717, 1.165) is 19.0 Å². The molecule has 2 atom stereocenters. The lowest BCUT2D eigenvalue weighted by molar-refractivity contribution is 0.170. The lowest BCUT2D eigenvalue weighted by Gasteiger charge is -2.32. The molecule has 0 amide bonds. The van der Waals surface area contributed by atoms with Gasteiger partial charge in [-0.25, -0.2) is 0 Å². The molecule has 0 aromatic rings. The van der Waals surface area contributed by atoms with Gasteiger partial charge in [-0.2, -0.15) is 0 Å². The molecule has 0 saturated carbocycles. The second kappa shape index (κ2) is 11.0. The van der Waals surface area contributed by atoms with Crippen LogP contribution in [-0.4, -0.2) is 30.6 Å². The number of hydrogen-bond acceptors (Lipinski definition) is 2. The van der Waals surface area contributed by atoms with E-state index in [1.807, 2.05) is 0 Å². The van der Waals surface area contributed by atoms with Crippen molar-refractivity contribution in [1.29, 1.82) is 0 Å². The van der Waals surface area contributed by atoms with Crippen LogP contribution in [0.15, 0.2) is 0 Å². The Labute approximate surface area is 109 Å². The van der Waals surface area contributed by atoms with Crippen LogP contribution in [0.5, 0.6) is 0 Å². The van der Waals surface area contributed by atoms with Crippen molar-refractivity contribution in [1.82, 2.24) is 4.90 Å². The van der Waals surface area contributed by atoms with Gasteiger partial charge in [-0.1, -0.05) is 59.8 Å². The predicted octanol–water partition coefficient (Wildman–Crippen LogP) is 3.65. The highest BCUT2D eigenvalue weighted by Crippen LogP contribution is 2.13. The molecule has 2 nitrogen and oxygen atoms in total. The van der Waals surface area contributed by atoms with E-state index < -0.39 is 0 Å². The van der Waals surface area contributed by atoms with Gasteiger partial charge in [0.2, 0.25) is 0 Å². The first kappa shape index (κ1) is 16.9. The second-order valence-corrected chi connectivity index (χ2v) is 5.34. The molecule has 0 heterocycles. The zero-order chi connectivity index (χ0) is 13.1. The first-order valence-corrected chi connectivity index (χ1v) is 7.63. The SMILES string of the molecule is CCCCCCC(CN)N(CC)CC(C)CC. The molecule has 0 saturated heterocycles. The van der Waals surface area contributed by atoms with E-state index in [0.29, 0.717) is 6.04 Å². The predicted molar refractivity (Wildman–Crippen MR) is 78.3 cm³/mol. The number of unbranched alkanes of at least 4 members (excludes halogenated alkanes) is 3. The smallest absolute Gasteiger partial charge is 0.0218 e. The van der Waals surface area contributed by atoms with Gasteiger partial charge in [0.1, 0.15) is 0 Å². The van der Waals surface area contributed by atoms with E-state index in [1.165, 1.54) is 45.1 Å². The molecule has 0 radical (unpaired) electrons. The first-order valence-electron chi connectivity index (χ1n) is 7.63. The molecule has 0 spiro atoms. The largest absolute Gasteiger partial charge is 0.329 e. The molecule has 2 unspecified atom stereocenters. The summed E-state index contributed by atoms with van der Waals surface area (Å²) in [5, 5.41) is 0. The van der Waals surface area contributed by atoms with Crippen LogP contribution in [0.2, 0.25) is 0 Å². The van der Waals surface area contributed by atoms with E-state index in [4.69, 9.17) is 5.73 Å². The molecular formula is C15H34N2. The van der Waals surface area contributed by atoms with Crippen LogP contribution < -0.4 is 5.73 Å². The van der Waals surface area contributed by atoms with Crippen LogP contribution in [0.25, 0.3) is 0 Å². The topological polar surface area (TPSA) is 29.3 Å². The fraction of sp³-hybridized carbons (Fsp3) is 1.00. The molecule has 17 heavy (non-hydrogen) atoms. The molecular weight excluding hydrogens is 208 g/mol. The normalized spacial score (nSPS) is 15.2. The Hall–Kier alpha value is -0.0800. The maximum absolute atomic E-state index is 5.94. The third-order valence-electron chi connectivity index (χ3n) is 3.83. The minimum atomic E-state index is 0.603. The monoisotopic (exact) mass is 242 g/mol. The molecule has 0 bridgehead atoms. The quantitative estimate of drug-likeness (QED) is 0.560. The van der Waals surface area contributed by atoms with Crippen LogP contribution >= 0.6 is 0 Å². The molecule has 104 valence electrons. The average molecular weight is 242 g/mol. The standard InChI is InChI=1S/C15H34N2/c1-5-8-9-10-11-15(12-16)17(7-3)13-14(4)6-2/h14-15H,5-13,16H2,1-4H3. The third-order valence-corrected chi connectivity index (χ3v) is 3.83. The summed E-state index contributed by atoms with van der Waals surface area (Å²) in [6.07, 6.45) is 7.94. The zero-order valence-corrected chi connectivity index (χ0v) is 12.5. The van der Waals surface area contributed by atoms with Crippen molar-refractivity contribution in [2.75, 3.05) is 19.6 Å². The van der Waals surface area contributed by atoms with Crippen LogP contribution in [-0.2, 0) is 0 Å². The molecule has 0 aromatic heterocycles. The van der Waals surface area contributed by atoms with Crippen molar-refractivity contribution in [3.8, 4) is 0 Å². The molecule has 2 N–H and O–H groups in total. The summed E-state index contributed by atoms with van der Waals surface area (Å²) in [6.45, 7) is 12.3. The van der Waals surface area contributed by atoms with E-state index in [-0.39, 0.29) is 0 Å². The van der Waals surface area contributed by atoms with Crippen LogP contribution in [0.3, 0.4) is 0 Å². The van der Waals surface area contributed by atoms with Gasteiger partial charge in [0.15, 0.2) is 0 Å². The molecule has 0 aliphatic heterocycles. The molecule has 0 aliphatic rings. The van der Waals surface area contributed by atoms with E-state index >= 15 is 0 Å². The van der Waals surface area contributed by atoms with Gasteiger partial charge in [-0.05, 0) is 18.9 Å². The van der Waals surface area contributed by atoms with Gasteiger partial charge in [0, 0.05) is 19.1 Å². The van der Waals surface area contributed by atoms with Crippen LogP contribution in [0.4, 0.5) is 0 Å². The Bertz CT molecular complexity index is 159. The molecule has 0 fully saturated rings. The van der Waals surface area contributed by atoms with Crippen molar-refractivity contribution in [2.45, 2.75) is 72.3 Å². The summed E-state index contributed by atoms with van der Waals surface area (Å²) >= 11 is 0. The van der Waals surface area contributed by atoms with Crippen LogP contribution in [0.1, 0.15) is 66.2 Å². The highest BCUT2D eigenvalue weighted by Gasteiger charge is 2.16. The highest BCUT2D eigenvalue weighted by atomic mass is 15.2. The van der Waals surface area contributed by atoms with Gasteiger partial charge in [0.05, 0.1) is 0 Å². The van der Waals surface area contributed by atoms with Gasteiger partial charge < -0.3 is 5.73 Å². The highest BCUT2D eigenvalue weighted by molar-refractivity contribution is 4.73. The van der Waals surface area contributed by atoms with E-state index in [9.17, 15) is 0 Å². The maximum atomic E-state index is 5.94. The fourth-order valence-corrected chi connectivity index (χ4v) is 2.32. The lowest BCUT2D eigenvalue weighted by Crippen LogP contribution is -2.42. The molecule has 0 aromatic carbocycles. The summed E-state index contributed by atoms with van der Waals surface area (Å²) in [5.41, 5.74) is 5.94. The summed E-state index contributed by atoms with van der Waals surface area (Å²) in [6, 6.07) is 0.603. The Morgan fingerprint density at radius 3 is 2.24 bits per heavy atom. The second-order valence-electron chi connectivity index (χ2n) is 5.34. The number of rotatable bonds is 11. The minimum Gasteiger partial charge on any atom is -0.329 e. The summed E-state index contributed by atoms with van der Waals surface area (Å²) in [5.74, 6) is 0.791. The minimum absolute atomic E-state index is 0.603. The van der Waals surface area contributed by atoms with Gasteiger partial charge >= 0.3 is 0 Å². The van der Waals surface area contributed by atoms with E-state index in [2.05, 4.69) is 32.6 Å². The lowest BCUT2D eigenvalue weighted by atomic mass is 10.0. The Morgan fingerprint density at radius 2 is 1.76 bits per heavy atom. The average Bonchev–Trinajstić information content (AvgIpc) is 2.36. The Morgan fingerprint density at radius 1 is 1.06 bits per heavy atom. The first-order chi connectivity index (χ1) is 8.19. The van der Waals surface area contributed by atoms with Gasteiger partial charge in [-0.3, -0.25) is 4.90 Å². The van der Waals surface area contributed by atoms with Crippen molar-refractivity contribution < 1.29 is 0 Å². The van der Waals surface area contributed by atoms with Crippen LogP contribution in [0, 0.1) is 5.92 Å². The van der Waals surface area contributed by atoms with Gasteiger partial charge in [-0.15, -0.1) is 0 Å². The molecule has 0 rings (SSSR count). The van der Waals surface area contributed by atoms with Crippen molar-refractivity contribution >= 4 is 0 Å². The van der Waals surface area contributed by atoms with Crippen molar-refractivity contribution in [3.05, 3.63) is 0 Å². The number of hydrogen-bond donors (Lipinski definition) is 1. The summed E-state index contributed by atoms with van der Waals surface area (Å²) in [7, 11) is 0. The number of likely N-dealkylation sites (N-methyl/N-ethyl adjacent to an activating group) is 1. The van der Waals surface area contributed by atoms with E-state index in [1.54, 1.807) is 0 Å². The number of nitrogens with zero attached hydrogens (tertiary/aromatic N) is 1. The van der Waals surface area contributed by atoms with Crippen molar-refractivity contribution in [2.24, 2.45) is 11.7 Å². The molecule has 2 heteroatoms. The maximum Gasteiger partial charge on any atom is 0.0218 e. The third kappa shape index (κ3) is 7.77. The Kier molecular flexibility index (Phi) is 11.0. The Balaban J connectivity index is 4.00. The number of nitrogens with two attached hydrogens (primary N) is 1. The van der Waals surface area contributed by atoms with Gasteiger partial charge in [0.25, 0.3) is 0 Å².